The summed E-state index contributed by atoms with van der Waals surface area (Å²) in [5.41, 5.74) is 0.690. The van der Waals surface area contributed by atoms with Gasteiger partial charge in [0.2, 0.25) is 0 Å². The zero-order valence-corrected chi connectivity index (χ0v) is 40.1. The summed E-state index contributed by atoms with van der Waals surface area (Å²) in [6, 6.07) is 64.6. The Labute approximate surface area is 407 Å². The van der Waals surface area contributed by atoms with Gasteiger partial charge in [0, 0.05) is 45.2 Å². The van der Waals surface area contributed by atoms with Crippen LogP contribution < -0.4 is 0 Å². The van der Waals surface area contributed by atoms with E-state index >= 15 is 0 Å². The molecule has 0 radical (unpaired) electrons. The number of benzene rings is 9. The van der Waals surface area contributed by atoms with E-state index in [9.17, 15) is 10.2 Å². The fourth-order valence-electron chi connectivity index (χ4n) is 8.71. The zero-order valence-electron chi connectivity index (χ0n) is 37.6. The van der Waals surface area contributed by atoms with Crippen molar-refractivity contribution in [2.75, 3.05) is 0 Å². The van der Waals surface area contributed by atoms with E-state index < -0.39 is 29.7 Å². The maximum absolute atomic E-state index is 14.0. The summed E-state index contributed by atoms with van der Waals surface area (Å²) in [6.45, 7) is 6.89. The Kier molecular flexibility index (Phi) is 15.7. The van der Waals surface area contributed by atoms with Gasteiger partial charge in [0.1, 0.15) is 23.4 Å². The van der Waals surface area contributed by atoms with Gasteiger partial charge in [-0.05, 0) is 123 Å². The molecule has 0 spiro atoms. The molecule has 1 saturated heterocycles. The minimum atomic E-state index is -1.82. The van der Waals surface area contributed by atoms with Gasteiger partial charge in [0.15, 0.2) is 6.29 Å². The summed E-state index contributed by atoms with van der Waals surface area (Å²) in [4.78, 5) is 0. The van der Waals surface area contributed by atoms with Gasteiger partial charge in [-0.1, -0.05) is 170 Å². The van der Waals surface area contributed by atoms with E-state index in [1.54, 1.807) is 27.7 Å². The minimum Gasteiger partial charge on any atom is -0.394 e. The molecule has 0 unspecified atom stereocenters. The van der Waals surface area contributed by atoms with E-state index in [2.05, 4.69) is 61.2 Å². The van der Waals surface area contributed by atoms with Crippen molar-refractivity contribution in [2.24, 2.45) is 0 Å². The predicted molar refractivity (Wildman–Crippen MR) is 268 cm³/mol. The average Bonchev–Trinajstić information content (AvgIpc) is 3.79. The van der Waals surface area contributed by atoms with Gasteiger partial charge in [0.05, 0.1) is 0 Å². The summed E-state index contributed by atoms with van der Waals surface area (Å²) in [5, 5.41) is 52.1. The molecule has 66 heavy (non-hydrogen) atoms. The monoisotopic (exact) mass is 928 g/mol. The summed E-state index contributed by atoms with van der Waals surface area (Å²) in [6.07, 6.45) is -3.51. The maximum atomic E-state index is 14.0. The van der Waals surface area contributed by atoms with Crippen molar-refractivity contribution in [3.05, 3.63) is 228 Å². The maximum Gasteiger partial charge on any atom is 0.185 e. The second-order valence-corrected chi connectivity index (χ2v) is 17.6. The van der Waals surface area contributed by atoms with Gasteiger partial charge >= 0.3 is 0 Å². The van der Waals surface area contributed by atoms with Crippen LogP contribution in [-0.2, 0) is 48.1 Å². The van der Waals surface area contributed by atoms with Crippen LogP contribution in [0.3, 0.4) is 0 Å². The number of ether oxygens (including phenoxy) is 2. The van der Waals surface area contributed by atoms with Crippen LogP contribution in [0.2, 0.25) is 0 Å². The molecule has 4 N–H and O–H groups in total. The molecule has 6 nitrogen and oxygen atoms in total. The number of hydrogen-bond acceptors (Lipinski definition) is 7. The smallest absolute Gasteiger partial charge is 0.185 e. The Bertz CT molecular complexity index is 2700. The molecule has 0 amide bonds. The Morgan fingerprint density at radius 1 is 0.424 bits per heavy atom. The van der Waals surface area contributed by atoms with E-state index in [1.165, 1.54) is 0 Å². The zero-order chi connectivity index (χ0) is 45.7. The molecule has 0 aliphatic carbocycles. The molecule has 1 heterocycles. The molecule has 0 bridgehead atoms. The van der Waals surface area contributed by atoms with Crippen LogP contribution in [0.4, 0.5) is 0 Å². The van der Waals surface area contributed by atoms with Crippen molar-refractivity contribution in [1.29, 1.82) is 0 Å². The molecule has 10 rings (SSSR count). The third kappa shape index (κ3) is 10.2. The quantitative estimate of drug-likeness (QED) is 0.0769. The first kappa shape index (κ1) is 48.8. The van der Waals surface area contributed by atoms with Crippen molar-refractivity contribution >= 4 is 55.7 Å². The van der Waals surface area contributed by atoms with Crippen molar-refractivity contribution in [3.8, 4) is 0 Å². The second kappa shape index (κ2) is 21.2. The van der Waals surface area contributed by atoms with Crippen LogP contribution in [-0.4, -0.2) is 44.8 Å². The number of fused-ring (bicyclic) bond motifs is 4. The number of thiol groups is 1. The Hall–Kier alpha value is -5.16. The molecule has 0 aromatic heterocycles. The number of aliphatic hydroxyl groups is 4. The van der Waals surface area contributed by atoms with E-state index in [1.807, 2.05) is 146 Å². The first-order chi connectivity index (χ1) is 31.4. The predicted octanol–water partition coefficient (Wildman–Crippen LogP) is 12.2. The van der Waals surface area contributed by atoms with Gasteiger partial charge in [-0.2, -0.15) is 12.6 Å². The third-order valence-corrected chi connectivity index (χ3v) is 12.2. The standard InChI is InChI=1S/C52H40O4S.2C3H8O.Ti/c53-51(44-25-21-35-9-1-5-13-40(35)29-44,45-26-22-36-10-2-6-14-41(36)30-45)48-49(56-50(55-48)39-19-17-34(33-57)18-20-39)52(54,46-27-23-37-11-3-7-15-42(37)31-46)47-28-24-38-12-4-8-16-43(38)32-47;2*1-3(2)4;/h1-32,48-50,53-54,57H,33H2;2*3-4H,1-2H3;/t48-,49-;;;/m1.../s1. The van der Waals surface area contributed by atoms with Gasteiger partial charge in [-0.15, -0.1) is 0 Å². The first-order valence-corrected chi connectivity index (χ1v) is 22.8. The van der Waals surface area contributed by atoms with Crippen LogP contribution in [0.1, 0.15) is 67.4 Å². The molecule has 334 valence electrons. The Balaban J connectivity index is 0.000000669. The van der Waals surface area contributed by atoms with Crippen LogP contribution in [0.5, 0.6) is 0 Å². The summed E-state index contributed by atoms with van der Waals surface area (Å²) in [5.74, 6) is 0.589. The van der Waals surface area contributed by atoms with Crippen LogP contribution in [0.15, 0.2) is 194 Å². The fraction of sp³-hybridized carbons (Fsp3) is 0.207. The van der Waals surface area contributed by atoms with Crippen molar-refractivity contribution in [2.45, 2.75) is 75.4 Å². The normalized spacial score (nSPS) is 15.4. The first-order valence-electron chi connectivity index (χ1n) is 22.2. The molecule has 0 saturated carbocycles. The van der Waals surface area contributed by atoms with E-state index in [0.717, 1.165) is 54.2 Å². The topological polar surface area (TPSA) is 99.4 Å². The summed E-state index contributed by atoms with van der Waals surface area (Å²) in [7, 11) is 0. The molecule has 1 aliphatic rings. The van der Waals surface area contributed by atoms with Crippen LogP contribution >= 0.6 is 12.6 Å². The van der Waals surface area contributed by atoms with E-state index in [-0.39, 0.29) is 33.9 Å². The fourth-order valence-corrected chi connectivity index (χ4v) is 8.92. The summed E-state index contributed by atoms with van der Waals surface area (Å²) < 4.78 is 14.3. The van der Waals surface area contributed by atoms with Gasteiger partial charge in [-0.25, -0.2) is 0 Å². The minimum absolute atomic E-state index is 0. The molecule has 9 aromatic carbocycles. The summed E-state index contributed by atoms with van der Waals surface area (Å²) >= 11 is 4.49. The molecule has 1 fully saturated rings. The van der Waals surface area contributed by atoms with E-state index in [4.69, 9.17) is 19.7 Å². The number of rotatable bonds is 8. The van der Waals surface area contributed by atoms with E-state index in [0.29, 0.717) is 28.0 Å². The molecule has 2 atom stereocenters. The average molecular weight is 929 g/mol. The van der Waals surface area contributed by atoms with Crippen molar-refractivity contribution < 1.29 is 51.6 Å². The van der Waals surface area contributed by atoms with Crippen LogP contribution in [0, 0.1) is 0 Å². The molecule has 9 aromatic rings. The number of aliphatic hydroxyl groups excluding tert-OH is 2. The molecule has 1 aliphatic heterocycles. The van der Waals surface area contributed by atoms with Gasteiger partial charge < -0.3 is 29.9 Å². The number of hydrogen-bond donors (Lipinski definition) is 5. The SMILES string of the molecule is CC(C)O.CC(C)O.OC(c1ccc2ccccc2c1)(c1ccc2ccccc2c1)[C@@H]1OC(c2ccc(CS)cc2)O[C@H]1C(O)(c1ccc2ccccc2c1)c1ccc2ccccc2c1.[Ti]. The van der Waals surface area contributed by atoms with Crippen molar-refractivity contribution in [1.82, 2.24) is 0 Å². The largest absolute Gasteiger partial charge is 0.394 e. The Morgan fingerprint density at radius 2 is 0.682 bits per heavy atom. The van der Waals surface area contributed by atoms with Gasteiger partial charge in [-0.3, -0.25) is 0 Å². The molecular weight excluding hydrogens is 873 g/mol. The van der Waals surface area contributed by atoms with Crippen molar-refractivity contribution in [3.63, 3.8) is 0 Å². The second-order valence-electron chi connectivity index (χ2n) is 17.3. The molecule has 8 heteroatoms. The molecular formula is C58H56O6STi. The third-order valence-electron chi connectivity index (χ3n) is 11.8. The van der Waals surface area contributed by atoms with Gasteiger partial charge in [0.25, 0.3) is 0 Å². The Morgan fingerprint density at radius 3 is 0.939 bits per heavy atom. The van der Waals surface area contributed by atoms with Crippen LogP contribution in [0.25, 0.3) is 43.1 Å².